The minimum Gasteiger partial charge on any atom is -0.494 e. The van der Waals surface area contributed by atoms with Crippen LogP contribution in [0.2, 0.25) is 0 Å². The van der Waals surface area contributed by atoms with Crippen molar-refractivity contribution in [1.82, 2.24) is 0 Å². The monoisotopic (exact) mass is 554 g/mol. The minimum atomic E-state index is -2.01. The summed E-state index contributed by atoms with van der Waals surface area (Å²) in [6, 6.07) is 5.55. The van der Waals surface area contributed by atoms with Crippen LogP contribution in [0.1, 0.15) is 112 Å². The van der Waals surface area contributed by atoms with Crippen molar-refractivity contribution in [2.24, 2.45) is 0 Å². The molecule has 39 heavy (non-hydrogen) atoms. The van der Waals surface area contributed by atoms with Crippen molar-refractivity contribution in [3.05, 3.63) is 58.7 Å². The molecule has 2 aromatic rings. The molecule has 1 unspecified atom stereocenters. The average molecular weight is 555 g/mol. The Bertz CT molecular complexity index is 1040. The Morgan fingerprint density at radius 2 is 1.26 bits per heavy atom. The number of hydrogen-bond donors (Lipinski definition) is 0. The third kappa shape index (κ3) is 9.86. The lowest BCUT2D eigenvalue weighted by molar-refractivity contribution is 0.0305. The molecule has 216 valence electrons. The first-order valence-electron chi connectivity index (χ1n) is 13.7. The molecular formula is C30H38F4O5. The highest BCUT2D eigenvalue weighted by atomic mass is 19.2. The lowest BCUT2D eigenvalue weighted by atomic mass is 10.1. The normalized spacial score (nSPS) is 11.8. The van der Waals surface area contributed by atoms with Crippen LogP contribution in [-0.2, 0) is 4.74 Å². The van der Waals surface area contributed by atoms with Crippen molar-refractivity contribution in [3.63, 3.8) is 0 Å². The summed E-state index contributed by atoms with van der Waals surface area (Å²) in [6.07, 6.45) is 9.94. The summed E-state index contributed by atoms with van der Waals surface area (Å²) in [6.45, 7) is 6.20. The molecule has 0 saturated heterocycles. The Kier molecular flexibility index (Phi) is 13.8. The van der Waals surface area contributed by atoms with Gasteiger partial charge in [-0.2, -0.15) is 8.78 Å². The van der Waals surface area contributed by atoms with E-state index in [1.807, 2.05) is 6.92 Å². The molecule has 2 rings (SSSR count). The van der Waals surface area contributed by atoms with Crippen LogP contribution >= 0.6 is 0 Å². The molecule has 5 nitrogen and oxygen atoms in total. The van der Waals surface area contributed by atoms with Crippen molar-refractivity contribution in [1.29, 1.82) is 0 Å². The van der Waals surface area contributed by atoms with Crippen LogP contribution in [0.5, 0.6) is 11.5 Å². The Labute approximate surface area is 227 Å². The topological polar surface area (TPSA) is 61.8 Å². The first kappa shape index (κ1) is 32.1. The SMILES string of the molecule is CCCCCCCCOc1ccc(C(=O)Oc2c(F)c(F)c(C(=O)OC(C)CCCCCC)c(F)c2F)cc1. The Balaban J connectivity index is 2.01. The maximum absolute atomic E-state index is 14.6. The Hall–Kier alpha value is -3.10. The van der Waals surface area contributed by atoms with Crippen LogP contribution in [0.15, 0.2) is 24.3 Å². The van der Waals surface area contributed by atoms with Crippen molar-refractivity contribution >= 4 is 11.9 Å². The molecule has 0 amide bonds. The van der Waals surface area contributed by atoms with E-state index >= 15 is 0 Å². The van der Waals surface area contributed by atoms with E-state index in [2.05, 4.69) is 11.7 Å². The zero-order chi connectivity index (χ0) is 28.8. The molecular weight excluding hydrogens is 516 g/mol. The molecule has 0 bridgehead atoms. The predicted octanol–water partition coefficient (Wildman–Crippen LogP) is 8.72. The second-order valence-corrected chi connectivity index (χ2v) is 9.56. The van der Waals surface area contributed by atoms with Gasteiger partial charge in [0, 0.05) is 0 Å². The molecule has 2 aromatic carbocycles. The van der Waals surface area contributed by atoms with Crippen LogP contribution in [0.3, 0.4) is 0 Å². The number of carbonyl (C=O) groups excluding carboxylic acids is 2. The maximum Gasteiger partial charge on any atom is 0.344 e. The second kappa shape index (κ2) is 16.8. The molecule has 0 heterocycles. The maximum atomic E-state index is 14.6. The minimum absolute atomic E-state index is 0.123. The van der Waals surface area contributed by atoms with E-state index in [1.165, 1.54) is 50.5 Å². The molecule has 0 fully saturated rings. The van der Waals surface area contributed by atoms with Crippen LogP contribution in [-0.4, -0.2) is 24.6 Å². The Morgan fingerprint density at radius 3 is 1.85 bits per heavy atom. The van der Waals surface area contributed by atoms with Gasteiger partial charge in [-0.3, -0.25) is 0 Å². The molecule has 0 aliphatic rings. The lowest BCUT2D eigenvalue weighted by Crippen LogP contribution is -2.20. The summed E-state index contributed by atoms with van der Waals surface area (Å²) in [5.74, 6) is -11.9. The van der Waals surface area contributed by atoms with E-state index in [1.54, 1.807) is 0 Å². The fourth-order valence-electron chi connectivity index (χ4n) is 3.95. The fourth-order valence-corrected chi connectivity index (χ4v) is 3.95. The average Bonchev–Trinajstić information content (AvgIpc) is 2.92. The van der Waals surface area contributed by atoms with Crippen LogP contribution in [0.4, 0.5) is 17.6 Å². The highest BCUT2D eigenvalue weighted by Gasteiger charge is 2.33. The van der Waals surface area contributed by atoms with Gasteiger partial charge in [0.1, 0.15) is 11.3 Å². The third-order valence-corrected chi connectivity index (χ3v) is 6.25. The van der Waals surface area contributed by atoms with Gasteiger partial charge in [-0.15, -0.1) is 0 Å². The highest BCUT2D eigenvalue weighted by Crippen LogP contribution is 2.31. The number of hydrogen-bond acceptors (Lipinski definition) is 5. The van der Waals surface area contributed by atoms with Crippen molar-refractivity contribution in [3.8, 4) is 11.5 Å². The second-order valence-electron chi connectivity index (χ2n) is 9.56. The van der Waals surface area contributed by atoms with Gasteiger partial charge in [0.15, 0.2) is 11.6 Å². The van der Waals surface area contributed by atoms with E-state index in [9.17, 15) is 27.2 Å². The Morgan fingerprint density at radius 1 is 0.718 bits per heavy atom. The number of benzene rings is 2. The largest absolute Gasteiger partial charge is 0.494 e. The fraction of sp³-hybridized carbons (Fsp3) is 0.533. The van der Waals surface area contributed by atoms with E-state index in [0.29, 0.717) is 18.8 Å². The quantitative estimate of drug-likeness (QED) is 0.0643. The number of ether oxygens (including phenoxy) is 3. The number of halogens is 4. The zero-order valence-electron chi connectivity index (χ0n) is 22.9. The van der Waals surface area contributed by atoms with Gasteiger partial charge in [-0.05, 0) is 50.5 Å². The standard InChI is InChI=1S/C30H38F4O5/c1-4-6-8-10-11-13-19-37-22-17-15-21(16-18-22)29(35)39-28-26(33)24(31)23(25(32)27(28)34)30(36)38-20(3)14-12-9-7-5-2/h15-18,20H,4-14,19H2,1-3H3. The van der Waals surface area contributed by atoms with E-state index in [4.69, 9.17) is 9.47 Å². The number of unbranched alkanes of at least 4 members (excludes halogenated alkanes) is 8. The van der Waals surface area contributed by atoms with E-state index in [0.717, 1.165) is 44.9 Å². The summed E-state index contributed by atoms with van der Waals surface area (Å²) >= 11 is 0. The van der Waals surface area contributed by atoms with Crippen molar-refractivity contribution in [2.75, 3.05) is 6.61 Å². The van der Waals surface area contributed by atoms with Gasteiger partial charge in [0.2, 0.25) is 17.4 Å². The summed E-state index contributed by atoms with van der Waals surface area (Å²) in [5.41, 5.74) is -1.64. The molecule has 1 atom stereocenters. The van der Waals surface area contributed by atoms with Crippen LogP contribution in [0.25, 0.3) is 0 Å². The number of rotatable bonds is 17. The van der Waals surface area contributed by atoms with Gasteiger partial charge in [-0.25, -0.2) is 18.4 Å². The number of esters is 2. The summed E-state index contributed by atoms with van der Waals surface area (Å²) < 4.78 is 73.7. The highest BCUT2D eigenvalue weighted by molar-refractivity contribution is 5.92. The van der Waals surface area contributed by atoms with Crippen LogP contribution in [0, 0.1) is 23.3 Å². The summed E-state index contributed by atoms with van der Waals surface area (Å²) in [5, 5.41) is 0. The first-order valence-corrected chi connectivity index (χ1v) is 13.7. The predicted molar refractivity (Wildman–Crippen MR) is 140 cm³/mol. The molecule has 0 spiro atoms. The molecule has 9 heteroatoms. The zero-order valence-corrected chi connectivity index (χ0v) is 22.9. The lowest BCUT2D eigenvalue weighted by Gasteiger charge is -2.15. The molecule has 0 radical (unpaired) electrons. The molecule has 0 aliphatic carbocycles. The van der Waals surface area contributed by atoms with Gasteiger partial charge in [-0.1, -0.05) is 65.2 Å². The van der Waals surface area contributed by atoms with Gasteiger partial charge >= 0.3 is 11.9 Å². The van der Waals surface area contributed by atoms with Crippen molar-refractivity contribution < 1.29 is 41.4 Å². The number of carbonyl (C=O) groups is 2. The van der Waals surface area contributed by atoms with E-state index < -0.39 is 52.6 Å². The molecule has 0 aliphatic heterocycles. The van der Waals surface area contributed by atoms with Gasteiger partial charge in [0.05, 0.1) is 18.3 Å². The van der Waals surface area contributed by atoms with Crippen molar-refractivity contribution in [2.45, 2.75) is 97.5 Å². The molecule has 0 N–H and O–H groups in total. The van der Waals surface area contributed by atoms with Gasteiger partial charge in [0.25, 0.3) is 0 Å². The molecule has 0 aromatic heterocycles. The van der Waals surface area contributed by atoms with Crippen LogP contribution < -0.4 is 9.47 Å². The summed E-state index contributed by atoms with van der Waals surface area (Å²) in [4.78, 5) is 24.7. The van der Waals surface area contributed by atoms with E-state index in [-0.39, 0.29) is 5.56 Å². The smallest absolute Gasteiger partial charge is 0.344 e. The third-order valence-electron chi connectivity index (χ3n) is 6.25. The first-order chi connectivity index (χ1) is 18.7. The van der Waals surface area contributed by atoms with Gasteiger partial charge < -0.3 is 14.2 Å². The molecule has 0 saturated carbocycles. The summed E-state index contributed by atoms with van der Waals surface area (Å²) in [7, 11) is 0.